The number of nitrogens with one attached hydrogen (secondary N) is 1. The predicted molar refractivity (Wildman–Crippen MR) is 129 cm³/mol. The molecule has 3 aromatic rings. The number of carbonyl (C=O) groups excluding carboxylic acids is 1. The summed E-state index contributed by atoms with van der Waals surface area (Å²) in [7, 11) is 0. The van der Waals surface area contributed by atoms with Crippen LogP contribution in [-0.4, -0.2) is 30.2 Å². The van der Waals surface area contributed by atoms with E-state index in [0.717, 1.165) is 38.1 Å². The Balaban J connectivity index is 1.55. The maximum Gasteiger partial charge on any atom is 0.249 e. The van der Waals surface area contributed by atoms with Crippen LogP contribution in [0.3, 0.4) is 0 Å². The van der Waals surface area contributed by atoms with Gasteiger partial charge >= 0.3 is 0 Å². The van der Waals surface area contributed by atoms with E-state index >= 15 is 0 Å². The largest absolute Gasteiger partial charge is 0.503 e. The van der Waals surface area contributed by atoms with Crippen LogP contribution in [0.15, 0.2) is 60.7 Å². The van der Waals surface area contributed by atoms with Gasteiger partial charge in [-0.2, -0.15) is 0 Å². The first-order valence-corrected chi connectivity index (χ1v) is 11.3. The smallest absolute Gasteiger partial charge is 0.249 e. The quantitative estimate of drug-likeness (QED) is 0.328. The van der Waals surface area contributed by atoms with Crippen LogP contribution in [-0.2, 0) is 11.4 Å². The van der Waals surface area contributed by atoms with Gasteiger partial charge in [-0.25, -0.2) is 8.78 Å². The molecule has 4 rings (SSSR count). The zero-order chi connectivity index (χ0) is 24.8. The maximum absolute atomic E-state index is 14.4. The summed E-state index contributed by atoms with van der Waals surface area (Å²) in [4.78, 5) is 12.3. The summed E-state index contributed by atoms with van der Waals surface area (Å²) in [5.41, 5.74) is 6.49. The zero-order valence-corrected chi connectivity index (χ0v) is 19.0. The van der Waals surface area contributed by atoms with E-state index in [1.807, 2.05) is 18.2 Å². The van der Waals surface area contributed by atoms with Gasteiger partial charge in [0.1, 0.15) is 24.2 Å². The van der Waals surface area contributed by atoms with Crippen molar-refractivity contribution in [1.29, 1.82) is 0 Å². The number of phenolic OH excluding ortho intramolecular Hbond substituents is 1. The molecule has 35 heavy (non-hydrogen) atoms. The molecule has 1 heterocycles. The number of amides is 1. The standard InChI is InChI=1S/C27H26F2N2O4/c28-24-9-8-17(25(29)26(24)32)14-23(27(30)33)22-7-2-1-4-18(22)16-34-20-5-3-6-21(15-20)35-19-10-12-31-13-11-19/h1-9,14-15,19,31-32H,10-13,16H2,(H2,30,33)/b23-14+. The fourth-order valence-corrected chi connectivity index (χ4v) is 3.92. The number of hydrogen-bond acceptors (Lipinski definition) is 5. The van der Waals surface area contributed by atoms with Crippen molar-refractivity contribution in [3.05, 3.63) is 89.0 Å². The molecule has 1 saturated heterocycles. The van der Waals surface area contributed by atoms with E-state index in [4.69, 9.17) is 15.2 Å². The van der Waals surface area contributed by atoms with E-state index in [2.05, 4.69) is 5.32 Å². The van der Waals surface area contributed by atoms with Crippen LogP contribution in [0.5, 0.6) is 17.2 Å². The van der Waals surface area contributed by atoms with Crippen LogP contribution in [0.25, 0.3) is 11.6 Å². The number of halogens is 2. The van der Waals surface area contributed by atoms with Crippen molar-refractivity contribution in [1.82, 2.24) is 5.32 Å². The fraction of sp³-hybridized carbons (Fsp3) is 0.222. The average Bonchev–Trinajstić information content (AvgIpc) is 2.87. The molecule has 3 aromatic carbocycles. The van der Waals surface area contributed by atoms with Crippen LogP contribution in [0, 0.1) is 11.6 Å². The third kappa shape index (κ3) is 5.96. The summed E-state index contributed by atoms with van der Waals surface area (Å²) in [6.45, 7) is 1.96. The van der Waals surface area contributed by atoms with Gasteiger partial charge in [-0.3, -0.25) is 4.79 Å². The Bertz CT molecular complexity index is 1240. The van der Waals surface area contributed by atoms with Crippen molar-refractivity contribution in [3.63, 3.8) is 0 Å². The molecule has 1 amide bonds. The van der Waals surface area contributed by atoms with Crippen LogP contribution < -0.4 is 20.5 Å². The number of primary amides is 1. The molecule has 1 fully saturated rings. The molecule has 0 spiro atoms. The molecule has 0 aromatic heterocycles. The summed E-state index contributed by atoms with van der Waals surface area (Å²) in [5.74, 6) is -2.90. The topological polar surface area (TPSA) is 93.8 Å². The van der Waals surface area contributed by atoms with Crippen LogP contribution in [0.4, 0.5) is 8.78 Å². The van der Waals surface area contributed by atoms with Crippen molar-refractivity contribution in [2.45, 2.75) is 25.6 Å². The molecule has 0 atom stereocenters. The number of aromatic hydroxyl groups is 1. The molecule has 6 nitrogen and oxygen atoms in total. The number of carbonyl (C=O) groups is 1. The number of phenols is 1. The van der Waals surface area contributed by atoms with Crippen molar-refractivity contribution in [2.75, 3.05) is 13.1 Å². The van der Waals surface area contributed by atoms with Crippen molar-refractivity contribution in [2.24, 2.45) is 5.73 Å². The van der Waals surface area contributed by atoms with Gasteiger partial charge in [0.05, 0.1) is 0 Å². The van der Waals surface area contributed by atoms with Crippen molar-refractivity contribution < 1.29 is 28.2 Å². The number of hydrogen-bond donors (Lipinski definition) is 3. The number of rotatable bonds is 8. The van der Waals surface area contributed by atoms with Crippen molar-refractivity contribution >= 4 is 17.6 Å². The molecular weight excluding hydrogens is 454 g/mol. The maximum atomic E-state index is 14.4. The highest BCUT2D eigenvalue weighted by Gasteiger charge is 2.18. The first kappa shape index (κ1) is 24.2. The molecule has 182 valence electrons. The lowest BCUT2D eigenvalue weighted by Gasteiger charge is -2.24. The molecule has 0 aliphatic carbocycles. The summed E-state index contributed by atoms with van der Waals surface area (Å²) in [5, 5.41) is 12.9. The molecule has 8 heteroatoms. The summed E-state index contributed by atoms with van der Waals surface area (Å²) < 4.78 is 39.8. The Morgan fingerprint density at radius 3 is 2.57 bits per heavy atom. The number of ether oxygens (including phenoxy) is 2. The molecule has 0 saturated carbocycles. The van der Waals surface area contributed by atoms with E-state index in [1.54, 1.807) is 30.3 Å². The lowest BCUT2D eigenvalue weighted by atomic mass is 9.97. The van der Waals surface area contributed by atoms with Gasteiger partial charge in [-0.15, -0.1) is 0 Å². The monoisotopic (exact) mass is 480 g/mol. The van der Waals surface area contributed by atoms with E-state index in [0.29, 0.717) is 22.6 Å². The second-order valence-electron chi connectivity index (χ2n) is 8.21. The highest BCUT2D eigenvalue weighted by Crippen LogP contribution is 2.29. The van der Waals surface area contributed by atoms with Gasteiger partial charge in [0.15, 0.2) is 17.4 Å². The average molecular weight is 481 g/mol. The number of benzene rings is 3. The van der Waals surface area contributed by atoms with Crippen LogP contribution in [0.2, 0.25) is 0 Å². The third-order valence-corrected chi connectivity index (χ3v) is 5.76. The van der Waals surface area contributed by atoms with Gasteiger partial charge in [-0.1, -0.05) is 30.3 Å². The van der Waals surface area contributed by atoms with Gasteiger partial charge in [-0.05, 0) is 67.4 Å². The SMILES string of the molecule is NC(=O)/C(=C/c1ccc(F)c(O)c1F)c1ccccc1COc1cccc(OC2CCNCC2)c1. The lowest BCUT2D eigenvalue weighted by Crippen LogP contribution is -2.34. The van der Waals surface area contributed by atoms with E-state index < -0.39 is 23.3 Å². The highest BCUT2D eigenvalue weighted by molar-refractivity contribution is 6.23. The predicted octanol–water partition coefficient (Wildman–Crippen LogP) is 4.41. The molecule has 1 aliphatic rings. The van der Waals surface area contributed by atoms with Gasteiger partial charge in [0, 0.05) is 17.2 Å². The second-order valence-corrected chi connectivity index (χ2v) is 8.21. The Morgan fingerprint density at radius 2 is 1.80 bits per heavy atom. The normalized spacial score (nSPS) is 14.5. The Kier molecular flexibility index (Phi) is 7.62. The minimum Gasteiger partial charge on any atom is -0.503 e. The first-order valence-electron chi connectivity index (χ1n) is 11.3. The minimum absolute atomic E-state index is 0.00269. The van der Waals surface area contributed by atoms with E-state index in [-0.39, 0.29) is 23.8 Å². The van der Waals surface area contributed by atoms with Crippen molar-refractivity contribution in [3.8, 4) is 17.2 Å². The summed E-state index contributed by atoms with van der Waals surface area (Å²) in [6, 6.07) is 16.3. The van der Waals surface area contributed by atoms with Gasteiger partial charge < -0.3 is 25.6 Å². The lowest BCUT2D eigenvalue weighted by molar-refractivity contribution is -0.112. The number of piperidine rings is 1. The minimum atomic E-state index is -1.18. The van der Waals surface area contributed by atoms with E-state index in [1.165, 1.54) is 6.08 Å². The first-order chi connectivity index (χ1) is 16.9. The van der Waals surface area contributed by atoms with Gasteiger partial charge in [0.25, 0.3) is 0 Å². The Hall–Kier alpha value is -3.91. The molecule has 0 radical (unpaired) electrons. The van der Waals surface area contributed by atoms with Gasteiger partial charge in [0.2, 0.25) is 5.91 Å². The summed E-state index contributed by atoms with van der Waals surface area (Å²) >= 11 is 0. The summed E-state index contributed by atoms with van der Waals surface area (Å²) in [6.07, 6.45) is 3.21. The Labute approximate surface area is 202 Å². The molecule has 4 N–H and O–H groups in total. The van der Waals surface area contributed by atoms with E-state index in [9.17, 15) is 18.7 Å². The Morgan fingerprint density at radius 1 is 1.06 bits per heavy atom. The molecule has 0 unspecified atom stereocenters. The zero-order valence-electron chi connectivity index (χ0n) is 19.0. The van der Waals surface area contributed by atoms with Crippen LogP contribution in [0.1, 0.15) is 29.5 Å². The molecule has 1 aliphatic heterocycles. The highest BCUT2D eigenvalue weighted by atomic mass is 19.1. The fourth-order valence-electron chi connectivity index (χ4n) is 3.92. The molecule has 0 bridgehead atoms. The van der Waals surface area contributed by atoms with Crippen LogP contribution >= 0.6 is 0 Å². The molecular formula is C27H26F2N2O4. The number of nitrogens with two attached hydrogens (primary N) is 1. The third-order valence-electron chi connectivity index (χ3n) is 5.76. The second kappa shape index (κ2) is 11.0.